The van der Waals surface area contributed by atoms with Crippen molar-refractivity contribution in [3.8, 4) is 0 Å². The number of rotatable bonds is 4. The molecule has 13 heavy (non-hydrogen) atoms. The number of ether oxygens (including phenoxy) is 1. The van der Waals surface area contributed by atoms with Crippen LogP contribution in [0, 0.1) is 0 Å². The van der Waals surface area contributed by atoms with Crippen molar-refractivity contribution < 1.29 is 4.74 Å². The lowest BCUT2D eigenvalue weighted by molar-refractivity contribution is 0.171. The first-order valence-electron chi connectivity index (χ1n) is 5.03. The molecular weight excluding hydrogens is 164 g/mol. The highest BCUT2D eigenvalue weighted by Crippen LogP contribution is 2.17. The largest absolute Gasteiger partial charge is 0.379 e. The van der Waals surface area contributed by atoms with Gasteiger partial charge in [-0.15, -0.1) is 0 Å². The van der Waals surface area contributed by atoms with E-state index in [1.165, 1.54) is 0 Å². The lowest BCUT2D eigenvalue weighted by Crippen LogP contribution is -2.46. The lowest BCUT2D eigenvalue weighted by atomic mass is 9.99. The first-order chi connectivity index (χ1) is 5.91. The van der Waals surface area contributed by atoms with Crippen molar-refractivity contribution in [3.05, 3.63) is 0 Å². The van der Waals surface area contributed by atoms with Crippen LogP contribution < -0.4 is 11.1 Å². The topological polar surface area (TPSA) is 47.3 Å². The zero-order valence-corrected chi connectivity index (χ0v) is 9.02. The Morgan fingerprint density at radius 1 is 1.54 bits per heavy atom. The number of nitrogens with two attached hydrogens (primary N) is 1. The van der Waals surface area contributed by atoms with E-state index < -0.39 is 0 Å². The Balaban J connectivity index is 2.18. The van der Waals surface area contributed by atoms with E-state index in [-0.39, 0.29) is 11.1 Å². The van der Waals surface area contributed by atoms with Crippen LogP contribution in [-0.4, -0.2) is 30.8 Å². The average molecular weight is 186 g/mol. The van der Waals surface area contributed by atoms with Gasteiger partial charge in [-0.05, 0) is 40.2 Å². The molecule has 0 bridgehead atoms. The number of hydrogen-bond acceptors (Lipinski definition) is 3. The van der Waals surface area contributed by atoms with E-state index >= 15 is 0 Å². The third kappa shape index (κ3) is 4.07. The minimum absolute atomic E-state index is 0.0666. The molecule has 1 heterocycles. The van der Waals surface area contributed by atoms with Gasteiger partial charge in [0, 0.05) is 17.7 Å². The summed E-state index contributed by atoms with van der Waals surface area (Å²) in [6.07, 6.45) is 2.11. The van der Waals surface area contributed by atoms with Gasteiger partial charge in [-0.3, -0.25) is 0 Å². The molecule has 3 nitrogen and oxygen atoms in total. The number of hydrogen-bond donors (Lipinski definition) is 2. The highest BCUT2D eigenvalue weighted by atomic mass is 16.5. The molecule has 0 saturated carbocycles. The molecule has 78 valence electrons. The van der Waals surface area contributed by atoms with Crippen molar-refractivity contribution in [2.75, 3.05) is 19.8 Å². The summed E-state index contributed by atoms with van der Waals surface area (Å²) in [7, 11) is 0. The Hall–Kier alpha value is -0.120. The molecule has 0 spiro atoms. The zero-order valence-electron chi connectivity index (χ0n) is 9.02. The Morgan fingerprint density at radius 3 is 2.69 bits per heavy atom. The molecule has 0 aromatic carbocycles. The van der Waals surface area contributed by atoms with Gasteiger partial charge >= 0.3 is 0 Å². The zero-order chi connectivity index (χ0) is 9.95. The fourth-order valence-electron chi connectivity index (χ4n) is 1.49. The van der Waals surface area contributed by atoms with Crippen molar-refractivity contribution in [2.24, 2.45) is 5.73 Å². The summed E-state index contributed by atoms with van der Waals surface area (Å²) in [5, 5.41) is 3.51. The van der Waals surface area contributed by atoms with Crippen LogP contribution in [0.3, 0.4) is 0 Å². The van der Waals surface area contributed by atoms with E-state index in [1.807, 2.05) is 0 Å². The molecule has 0 aromatic heterocycles. The molecule has 1 aliphatic heterocycles. The molecule has 1 atom stereocenters. The highest BCUT2D eigenvalue weighted by molar-refractivity contribution is 4.87. The van der Waals surface area contributed by atoms with Crippen molar-refractivity contribution >= 4 is 0 Å². The van der Waals surface area contributed by atoms with E-state index in [0.29, 0.717) is 0 Å². The molecular formula is C10H22N2O. The van der Waals surface area contributed by atoms with Crippen LogP contribution in [0.15, 0.2) is 0 Å². The van der Waals surface area contributed by atoms with Gasteiger partial charge in [0.1, 0.15) is 0 Å². The molecule has 1 aliphatic rings. The van der Waals surface area contributed by atoms with Gasteiger partial charge in [0.2, 0.25) is 0 Å². The van der Waals surface area contributed by atoms with Gasteiger partial charge in [-0.1, -0.05) is 0 Å². The molecule has 3 heteroatoms. The normalized spacial score (nSPS) is 29.5. The van der Waals surface area contributed by atoms with Crippen molar-refractivity contribution in [2.45, 2.75) is 44.7 Å². The van der Waals surface area contributed by atoms with E-state index in [2.05, 4.69) is 26.1 Å². The summed E-state index contributed by atoms with van der Waals surface area (Å²) in [4.78, 5) is 0. The quantitative estimate of drug-likeness (QED) is 0.685. The predicted octanol–water partition coefficient (Wildman–Crippen LogP) is 0.882. The Bertz CT molecular complexity index is 157. The Kier molecular flexibility index (Phi) is 3.33. The second-order valence-corrected chi connectivity index (χ2v) is 5.03. The maximum atomic E-state index is 5.89. The maximum absolute atomic E-state index is 5.89. The van der Waals surface area contributed by atoms with Crippen LogP contribution in [0.4, 0.5) is 0 Å². The molecule has 1 unspecified atom stereocenters. The number of nitrogens with one attached hydrogen (secondary N) is 1. The summed E-state index contributed by atoms with van der Waals surface area (Å²) in [5.74, 6) is 0. The molecule has 0 aliphatic carbocycles. The van der Waals surface area contributed by atoms with Crippen LogP contribution >= 0.6 is 0 Å². The van der Waals surface area contributed by atoms with E-state index in [1.54, 1.807) is 0 Å². The lowest BCUT2D eigenvalue weighted by Gasteiger charge is -2.26. The van der Waals surface area contributed by atoms with Gasteiger partial charge in [0.05, 0.1) is 6.61 Å². The molecule has 0 amide bonds. The van der Waals surface area contributed by atoms with Crippen molar-refractivity contribution in [1.29, 1.82) is 0 Å². The second kappa shape index (κ2) is 3.95. The first kappa shape index (κ1) is 11.0. The SMILES string of the molecule is CC(C)(N)CCNC1(C)CCOC1. The van der Waals surface area contributed by atoms with E-state index in [0.717, 1.165) is 32.6 Å². The molecule has 1 rings (SSSR count). The van der Waals surface area contributed by atoms with Crippen LogP contribution in [0.2, 0.25) is 0 Å². The summed E-state index contributed by atoms with van der Waals surface area (Å²) in [6, 6.07) is 0. The Morgan fingerprint density at radius 2 is 2.23 bits per heavy atom. The monoisotopic (exact) mass is 186 g/mol. The fourth-order valence-corrected chi connectivity index (χ4v) is 1.49. The van der Waals surface area contributed by atoms with Crippen LogP contribution in [0.1, 0.15) is 33.6 Å². The van der Waals surface area contributed by atoms with E-state index in [4.69, 9.17) is 10.5 Å². The van der Waals surface area contributed by atoms with Crippen LogP contribution in [-0.2, 0) is 4.74 Å². The van der Waals surface area contributed by atoms with Gasteiger partial charge in [-0.25, -0.2) is 0 Å². The van der Waals surface area contributed by atoms with Gasteiger partial charge < -0.3 is 15.8 Å². The summed E-state index contributed by atoms with van der Waals surface area (Å²) >= 11 is 0. The molecule has 1 fully saturated rings. The van der Waals surface area contributed by atoms with Gasteiger partial charge in [-0.2, -0.15) is 0 Å². The first-order valence-corrected chi connectivity index (χ1v) is 5.03. The summed E-state index contributed by atoms with van der Waals surface area (Å²) < 4.78 is 5.35. The Labute approximate surface area is 81.0 Å². The maximum Gasteiger partial charge on any atom is 0.0646 e. The summed E-state index contributed by atoms with van der Waals surface area (Å²) in [6.45, 7) is 9.02. The third-order valence-corrected chi connectivity index (χ3v) is 2.54. The highest BCUT2D eigenvalue weighted by Gasteiger charge is 2.28. The molecule has 1 saturated heterocycles. The van der Waals surface area contributed by atoms with Crippen LogP contribution in [0.25, 0.3) is 0 Å². The predicted molar refractivity (Wildman–Crippen MR) is 54.7 cm³/mol. The van der Waals surface area contributed by atoms with Crippen LogP contribution in [0.5, 0.6) is 0 Å². The molecule has 0 aromatic rings. The van der Waals surface area contributed by atoms with Crippen molar-refractivity contribution in [1.82, 2.24) is 5.32 Å². The molecule has 0 radical (unpaired) electrons. The third-order valence-electron chi connectivity index (χ3n) is 2.54. The standard InChI is InChI=1S/C10H22N2O/c1-9(2,11)4-6-12-10(3)5-7-13-8-10/h12H,4-8,11H2,1-3H3. The second-order valence-electron chi connectivity index (χ2n) is 5.03. The smallest absolute Gasteiger partial charge is 0.0646 e. The van der Waals surface area contributed by atoms with Crippen molar-refractivity contribution in [3.63, 3.8) is 0 Å². The average Bonchev–Trinajstić information content (AvgIpc) is 2.33. The van der Waals surface area contributed by atoms with Gasteiger partial charge in [0.25, 0.3) is 0 Å². The fraction of sp³-hybridized carbons (Fsp3) is 1.00. The van der Waals surface area contributed by atoms with Gasteiger partial charge in [0.15, 0.2) is 0 Å². The molecule has 3 N–H and O–H groups in total. The van der Waals surface area contributed by atoms with E-state index in [9.17, 15) is 0 Å². The summed E-state index contributed by atoms with van der Waals surface area (Å²) in [5.41, 5.74) is 6.01. The minimum atomic E-state index is -0.0666. The minimum Gasteiger partial charge on any atom is -0.379 e.